The van der Waals surface area contributed by atoms with Crippen LogP contribution in [0.2, 0.25) is 0 Å². The van der Waals surface area contributed by atoms with Crippen LogP contribution in [0, 0.1) is 0 Å². The van der Waals surface area contributed by atoms with Gasteiger partial charge in [-0.2, -0.15) is 0 Å². The maximum atomic E-state index is 12.4. The number of anilines is 1. The Balaban J connectivity index is 1.87. The molecule has 0 radical (unpaired) electrons. The summed E-state index contributed by atoms with van der Waals surface area (Å²) in [5.41, 5.74) is 1.36. The van der Waals surface area contributed by atoms with Gasteiger partial charge in [0.05, 0.1) is 18.4 Å². The second-order valence-electron chi connectivity index (χ2n) is 6.82. The van der Waals surface area contributed by atoms with Crippen LogP contribution < -0.4 is 20.7 Å². The van der Waals surface area contributed by atoms with Crippen molar-refractivity contribution >= 4 is 29.5 Å². The molecule has 0 heterocycles. The fourth-order valence-electron chi connectivity index (χ4n) is 2.69. The smallest absolute Gasteiger partial charge is 0.340 e. The molecule has 0 aromatic heterocycles. The van der Waals surface area contributed by atoms with Crippen molar-refractivity contribution in [3.05, 3.63) is 59.7 Å². The fourth-order valence-corrected chi connectivity index (χ4v) is 2.69. The van der Waals surface area contributed by atoms with Gasteiger partial charge in [0.25, 0.3) is 5.91 Å². The first-order chi connectivity index (χ1) is 15.4. The van der Waals surface area contributed by atoms with Crippen LogP contribution in [0.25, 0.3) is 0 Å². The van der Waals surface area contributed by atoms with E-state index in [9.17, 15) is 19.2 Å². The van der Waals surface area contributed by atoms with Crippen LogP contribution in [0.1, 0.15) is 35.7 Å². The first kappa shape index (κ1) is 24.4. The average Bonchev–Trinajstić information content (AvgIpc) is 2.80. The van der Waals surface area contributed by atoms with Crippen molar-refractivity contribution < 1.29 is 28.7 Å². The van der Waals surface area contributed by atoms with Gasteiger partial charge in [-0.15, -0.1) is 0 Å². The lowest BCUT2D eigenvalue weighted by Crippen LogP contribution is -2.41. The third kappa shape index (κ3) is 8.10. The van der Waals surface area contributed by atoms with Gasteiger partial charge in [0, 0.05) is 13.0 Å². The van der Waals surface area contributed by atoms with E-state index in [0.29, 0.717) is 13.0 Å². The molecule has 0 unspecified atom stereocenters. The summed E-state index contributed by atoms with van der Waals surface area (Å²) in [6.45, 7) is 1.67. The number of amides is 4. The zero-order valence-electron chi connectivity index (χ0n) is 18.1. The van der Waals surface area contributed by atoms with E-state index in [1.54, 1.807) is 25.3 Å². The van der Waals surface area contributed by atoms with Gasteiger partial charge in [-0.3, -0.25) is 14.9 Å². The second-order valence-corrected chi connectivity index (χ2v) is 6.82. The van der Waals surface area contributed by atoms with Crippen molar-refractivity contribution in [2.45, 2.75) is 26.2 Å². The highest BCUT2D eigenvalue weighted by Crippen LogP contribution is 2.17. The third-order valence-corrected chi connectivity index (χ3v) is 4.34. The van der Waals surface area contributed by atoms with Gasteiger partial charge in [0.15, 0.2) is 6.61 Å². The lowest BCUT2D eigenvalue weighted by atomic mass is 10.1. The van der Waals surface area contributed by atoms with Crippen LogP contribution in [-0.4, -0.2) is 44.1 Å². The van der Waals surface area contributed by atoms with Gasteiger partial charge in [-0.1, -0.05) is 31.2 Å². The average molecular weight is 441 g/mol. The summed E-state index contributed by atoms with van der Waals surface area (Å²) in [5.74, 6) is -1.08. The van der Waals surface area contributed by atoms with Gasteiger partial charge in [0.1, 0.15) is 5.75 Å². The Morgan fingerprint density at radius 1 is 0.938 bits per heavy atom. The molecular weight excluding hydrogens is 414 g/mol. The summed E-state index contributed by atoms with van der Waals surface area (Å²) in [6.07, 6.45) is 1.45. The highest BCUT2D eigenvalue weighted by atomic mass is 16.5. The first-order valence-corrected chi connectivity index (χ1v) is 10.2. The second kappa shape index (κ2) is 12.7. The highest BCUT2D eigenvalue weighted by molar-refractivity contribution is 6.02. The van der Waals surface area contributed by atoms with Crippen LogP contribution in [0.15, 0.2) is 48.5 Å². The summed E-state index contributed by atoms with van der Waals surface area (Å²) in [6, 6.07) is 13.1. The fraction of sp³-hybridized carbons (Fsp3) is 0.304. The van der Waals surface area contributed by atoms with Crippen molar-refractivity contribution in [3.8, 4) is 5.75 Å². The number of esters is 1. The minimum absolute atomic E-state index is 0.105. The highest BCUT2D eigenvalue weighted by Gasteiger charge is 2.16. The third-order valence-electron chi connectivity index (χ3n) is 4.34. The lowest BCUT2D eigenvalue weighted by molar-refractivity contribution is -0.123. The molecule has 0 spiro atoms. The molecule has 2 aromatic carbocycles. The number of urea groups is 1. The van der Waals surface area contributed by atoms with E-state index in [4.69, 9.17) is 9.47 Å². The van der Waals surface area contributed by atoms with E-state index in [1.807, 2.05) is 31.2 Å². The molecule has 32 heavy (non-hydrogen) atoms. The monoisotopic (exact) mass is 441 g/mol. The van der Waals surface area contributed by atoms with Gasteiger partial charge in [-0.25, -0.2) is 9.59 Å². The van der Waals surface area contributed by atoms with Crippen LogP contribution in [0.3, 0.4) is 0 Å². The summed E-state index contributed by atoms with van der Waals surface area (Å²) in [5, 5.41) is 7.24. The van der Waals surface area contributed by atoms with Crippen LogP contribution in [-0.2, 0) is 20.7 Å². The Labute approximate surface area is 186 Å². The van der Waals surface area contributed by atoms with Gasteiger partial charge in [-0.05, 0) is 42.7 Å². The quantitative estimate of drug-likeness (QED) is 0.487. The number of hydrogen-bond acceptors (Lipinski definition) is 6. The molecule has 9 heteroatoms. The van der Waals surface area contributed by atoms with Crippen LogP contribution in [0.4, 0.5) is 10.5 Å². The number of para-hydroxylation sites is 1. The molecule has 170 valence electrons. The van der Waals surface area contributed by atoms with E-state index in [-0.39, 0.29) is 23.6 Å². The van der Waals surface area contributed by atoms with Crippen molar-refractivity contribution in [1.29, 1.82) is 0 Å². The van der Waals surface area contributed by atoms with E-state index in [2.05, 4.69) is 16.0 Å². The maximum absolute atomic E-state index is 12.4. The number of rotatable bonds is 10. The van der Waals surface area contributed by atoms with Crippen LogP contribution in [0.5, 0.6) is 5.75 Å². The SMILES string of the molecule is CCCNC(=O)NC(=O)COC(=O)c1ccccc1NC(=O)CCc1ccc(OC)cc1. The summed E-state index contributed by atoms with van der Waals surface area (Å²) < 4.78 is 10.1. The van der Waals surface area contributed by atoms with Gasteiger partial charge in [0.2, 0.25) is 5.91 Å². The standard InChI is InChI=1S/C23H27N3O6/c1-3-14-24-23(30)26-21(28)15-32-22(29)18-6-4-5-7-19(18)25-20(27)13-10-16-8-11-17(31-2)12-9-16/h4-9,11-12H,3,10,13-15H2,1-2H3,(H,25,27)(H2,24,26,28,30). The largest absolute Gasteiger partial charge is 0.497 e. The van der Waals surface area contributed by atoms with Crippen molar-refractivity contribution in [2.24, 2.45) is 0 Å². The number of ether oxygens (including phenoxy) is 2. The normalized spacial score (nSPS) is 10.1. The molecule has 0 bridgehead atoms. The Morgan fingerprint density at radius 3 is 2.34 bits per heavy atom. The molecule has 4 amide bonds. The van der Waals surface area contributed by atoms with E-state index in [0.717, 1.165) is 17.7 Å². The first-order valence-electron chi connectivity index (χ1n) is 10.2. The molecular formula is C23H27N3O6. The van der Waals surface area contributed by atoms with E-state index < -0.39 is 24.5 Å². The Bertz CT molecular complexity index is 943. The predicted octanol–water partition coefficient (Wildman–Crippen LogP) is 2.66. The molecule has 2 aromatic rings. The number of hydrogen-bond donors (Lipinski definition) is 3. The minimum atomic E-state index is -0.792. The van der Waals surface area contributed by atoms with E-state index >= 15 is 0 Å². The molecule has 0 aliphatic heterocycles. The van der Waals surface area contributed by atoms with Gasteiger partial charge >= 0.3 is 12.0 Å². The summed E-state index contributed by atoms with van der Waals surface area (Å²) in [7, 11) is 1.58. The Hall–Kier alpha value is -3.88. The number of aryl methyl sites for hydroxylation is 1. The minimum Gasteiger partial charge on any atom is -0.497 e. The summed E-state index contributed by atoms with van der Waals surface area (Å²) in [4.78, 5) is 48.0. The Kier molecular flexibility index (Phi) is 9.70. The zero-order chi connectivity index (χ0) is 23.3. The Morgan fingerprint density at radius 2 is 1.66 bits per heavy atom. The molecule has 0 aliphatic rings. The summed E-state index contributed by atoms with van der Waals surface area (Å²) >= 11 is 0. The van der Waals surface area contributed by atoms with Gasteiger partial charge < -0.3 is 20.1 Å². The molecule has 0 fully saturated rings. The van der Waals surface area contributed by atoms with Crippen molar-refractivity contribution in [2.75, 3.05) is 25.6 Å². The molecule has 0 saturated heterocycles. The molecule has 9 nitrogen and oxygen atoms in total. The number of methoxy groups -OCH3 is 1. The molecule has 0 saturated carbocycles. The molecule has 3 N–H and O–H groups in total. The van der Waals surface area contributed by atoms with Crippen LogP contribution >= 0.6 is 0 Å². The van der Waals surface area contributed by atoms with Crippen molar-refractivity contribution in [3.63, 3.8) is 0 Å². The predicted molar refractivity (Wildman–Crippen MR) is 119 cm³/mol. The number of benzene rings is 2. The molecule has 0 atom stereocenters. The zero-order valence-corrected chi connectivity index (χ0v) is 18.1. The maximum Gasteiger partial charge on any atom is 0.340 e. The number of carbonyl (C=O) groups excluding carboxylic acids is 4. The number of nitrogens with one attached hydrogen (secondary N) is 3. The van der Waals surface area contributed by atoms with Crippen molar-refractivity contribution in [1.82, 2.24) is 10.6 Å². The topological polar surface area (TPSA) is 123 Å². The molecule has 0 aliphatic carbocycles. The molecule has 2 rings (SSSR count). The van der Waals surface area contributed by atoms with E-state index in [1.165, 1.54) is 6.07 Å². The number of carbonyl (C=O) groups is 4. The lowest BCUT2D eigenvalue weighted by Gasteiger charge is -2.11. The number of imide groups is 1.